The van der Waals surface area contributed by atoms with Crippen molar-refractivity contribution in [2.75, 3.05) is 6.54 Å². The van der Waals surface area contributed by atoms with Crippen LogP contribution in [0, 0.1) is 6.92 Å². The Kier molecular flexibility index (Phi) is 3.32. The van der Waals surface area contributed by atoms with Gasteiger partial charge >= 0.3 is 0 Å². The third-order valence-corrected chi connectivity index (χ3v) is 4.91. The van der Waals surface area contributed by atoms with E-state index in [0.29, 0.717) is 0 Å². The minimum absolute atomic E-state index is 0.161. The highest BCUT2D eigenvalue weighted by molar-refractivity contribution is 6.31. The number of nitrogens with two attached hydrogens (primary N) is 1. The number of hydrogen-bond donors (Lipinski definition) is 2. The first kappa shape index (κ1) is 13.0. The number of nitrogens with one attached hydrogen (secondary N) is 1. The number of rotatable bonds is 2. The molecule has 1 aliphatic rings. The van der Waals surface area contributed by atoms with Gasteiger partial charge in [0.15, 0.2) is 0 Å². The standard InChI is InChI=1S/C16H21ClN2/c1-11-15(16(10-18)7-3-2-4-8-16)13-6-5-12(17)9-14(13)19-11/h5-6,9,19H,2-4,7-8,10,18H2,1H3. The summed E-state index contributed by atoms with van der Waals surface area (Å²) >= 11 is 6.09. The molecule has 0 saturated heterocycles. The van der Waals surface area contributed by atoms with E-state index in [4.69, 9.17) is 17.3 Å². The van der Waals surface area contributed by atoms with E-state index >= 15 is 0 Å². The number of hydrogen-bond acceptors (Lipinski definition) is 1. The molecule has 19 heavy (non-hydrogen) atoms. The Morgan fingerprint density at radius 1 is 1.26 bits per heavy atom. The fourth-order valence-corrected chi connectivity index (χ4v) is 3.94. The highest BCUT2D eigenvalue weighted by atomic mass is 35.5. The molecular formula is C16H21ClN2. The topological polar surface area (TPSA) is 41.8 Å². The number of halogens is 1. The van der Waals surface area contributed by atoms with Crippen LogP contribution < -0.4 is 5.73 Å². The van der Waals surface area contributed by atoms with Gasteiger partial charge in [-0.05, 0) is 37.5 Å². The lowest BCUT2D eigenvalue weighted by molar-refractivity contribution is 0.302. The van der Waals surface area contributed by atoms with Gasteiger partial charge in [0.05, 0.1) is 0 Å². The van der Waals surface area contributed by atoms with Gasteiger partial charge in [-0.2, -0.15) is 0 Å². The fourth-order valence-electron chi connectivity index (χ4n) is 3.77. The van der Waals surface area contributed by atoms with Gasteiger partial charge < -0.3 is 10.7 Å². The van der Waals surface area contributed by atoms with Crippen LogP contribution in [0.25, 0.3) is 10.9 Å². The van der Waals surface area contributed by atoms with Crippen LogP contribution in [0.15, 0.2) is 18.2 Å². The van der Waals surface area contributed by atoms with Crippen molar-refractivity contribution in [2.45, 2.75) is 44.4 Å². The number of benzene rings is 1. The smallest absolute Gasteiger partial charge is 0.0474 e. The fraction of sp³-hybridized carbons (Fsp3) is 0.500. The Bertz CT molecular complexity index is 594. The van der Waals surface area contributed by atoms with Crippen molar-refractivity contribution in [2.24, 2.45) is 5.73 Å². The van der Waals surface area contributed by atoms with E-state index in [1.54, 1.807) is 0 Å². The summed E-state index contributed by atoms with van der Waals surface area (Å²) in [6.07, 6.45) is 6.34. The molecule has 102 valence electrons. The van der Waals surface area contributed by atoms with Gasteiger partial charge in [-0.25, -0.2) is 0 Å². The van der Waals surface area contributed by atoms with Crippen molar-refractivity contribution in [3.05, 3.63) is 34.5 Å². The first-order chi connectivity index (χ1) is 9.16. The van der Waals surface area contributed by atoms with Crippen LogP contribution in [-0.2, 0) is 5.41 Å². The van der Waals surface area contributed by atoms with Crippen LogP contribution in [0.4, 0.5) is 0 Å². The summed E-state index contributed by atoms with van der Waals surface area (Å²) in [5, 5.41) is 2.08. The summed E-state index contributed by atoms with van der Waals surface area (Å²) in [6, 6.07) is 6.14. The maximum absolute atomic E-state index is 6.18. The molecule has 0 amide bonds. The first-order valence-electron chi connectivity index (χ1n) is 7.15. The Balaban J connectivity index is 2.20. The molecular weight excluding hydrogens is 256 g/mol. The molecule has 1 aliphatic carbocycles. The molecule has 3 heteroatoms. The third kappa shape index (κ3) is 2.07. The molecule has 1 aromatic carbocycles. The number of aromatic nitrogens is 1. The molecule has 1 aromatic heterocycles. The molecule has 0 radical (unpaired) electrons. The molecule has 2 aromatic rings. The zero-order valence-corrected chi connectivity index (χ0v) is 12.2. The van der Waals surface area contributed by atoms with E-state index in [2.05, 4.69) is 18.0 Å². The summed E-state index contributed by atoms with van der Waals surface area (Å²) in [4.78, 5) is 3.48. The van der Waals surface area contributed by atoms with E-state index in [-0.39, 0.29) is 5.41 Å². The lowest BCUT2D eigenvalue weighted by Crippen LogP contribution is -2.37. The average molecular weight is 277 g/mol. The molecule has 1 fully saturated rings. The molecule has 0 unspecified atom stereocenters. The van der Waals surface area contributed by atoms with Crippen LogP contribution in [0.3, 0.4) is 0 Å². The van der Waals surface area contributed by atoms with Gasteiger partial charge in [0.1, 0.15) is 0 Å². The zero-order valence-electron chi connectivity index (χ0n) is 11.4. The van der Waals surface area contributed by atoms with Gasteiger partial charge in [0, 0.05) is 33.6 Å². The first-order valence-corrected chi connectivity index (χ1v) is 7.52. The molecule has 0 aliphatic heterocycles. The van der Waals surface area contributed by atoms with Crippen LogP contribution in [0.1, 0.15) is 43.4 Å². The Morgan fingerprint density at radius 2 is 2.00 bits per heavy atom. The number of aryl methyl sites for hydroxylation is 1. The molecule has 3 rings (SSSR count). The normalized spacial score (nSPS) is 18.9. The second-order valence-electron chi connectivity index (χ2n) is 5.86. The summed E-state index contributed by atoms with van der Waals surface area (Å²) < 4.78 is 0. The van der Waals surface area contributed by atoms with Gasteiger partial charge in [-0.1, -0.05) is 36.9 Å². The summed E-state index contributed by atoms with van der Waals surface area (Å²) in [6.45, 7) is 2.90. The van der Waals surface area contributed by atoms with Crippen molar-refractivity contribution in [1.82, 2.24) is 4.98 Å². The maximum atomic E-state index is 6.18. The van der Waals surface area contributed by atoms with E-state index < -0.39 is 0 Å². The van der Waals surface area contributed by atoms with Crippen molar-refractivity contribution < 1.29 is 0 Å². The van der Waals surface area contributed by atoms with Crippen molar-refractivity contribution in [3.63, 3.8) is 0 Å². The number of H-pyrrole nitrogens is 1. The third-order valence-electron chi connectivity index (χ3n) is 4.68. The minimum Gasteiger partial charge on any atom is -0.358 e. The quantitative estimate of drug-likeness (QED) is 0.844. The minimum atomic E-state index is 0.161. The van der Waals surface area contributed by atoms with E-state index in [0.717, 1.165) is 17.1 Å². The lowest BCUT2D eigenvalue weighted by Gasteiger charge is -2.37. The van der Waals surface area contributed by atoms with E-state index in [1.165, 1.54) is 48.7 Å². The second kappa shape index (κ2) is 4.84. The maximum Gasteiger partial charge on any atom is 0.0474 e. The predicted molar refractivity (Wildman–Crippen MR) is 81.9 cm³/mol. The largest absolute Gasteiger partial charge is 0.358 e. The average Bonchev–Trinajstić information content (AvgIpc) is 2.75. The lowest BCUT2D eigenvalue weighted by atomic mass is 9.68. The summed E-state index contributed by atoms with van der Waals surface area (Å²) in [5.74, 6) is 0. The number of aromatic amines is 1. The van der Waals surface area contributed by atoms with Crippen LogP contribution >= 0.6 is 11.6 Å². The van der Waals surface area contributed by atoms with Gasteiger partial charge in [-0.15, -0.1) is 0 Å². The van der Waals surface area contributed by atoms with Gasteiger partial charge in [0.25, 0.3) is 0 Å². The molecule has 0 bridgehead atoms. The monoisotopic (exact) mass is 276 g/mol. The van der Waals surface area contributed by atoms with Crippen molar-refractivity contribution in [3.8, 4) is 0 Å². The van der Waals surface area contributed by atoms with Crippen LogP contribution in [-0.4, -0.2) is 11.5 Å². The van der Waals surface area contributed by atoms with E-state index in [1.807, 2.05) is 12.1 Å². The molecule has 0 atom stereocenters. The molecule has 1 saturated carbocycles. The van der Waals surface area contributed by atoms with Gasteiger partial charge in [0.2, 0.25) is 0 Å². The van der Waals surface area contributed by atoms with Crippen molar-refractivity contribution in [1.29, 1.82) is 0 Å². The Morgan fingerprint density at radius 3 is 2.68 bits per heavy atom. The van der Waals surface area contributed by atoms with Crippen molar-refractivity contribution >= 4 is 22.5 Å². The van der Waals surface area contributed by atoms with Gasteiger partial charge in [-0.3, -0.25) is 0 Å². The summed E-state index contributed by atoms with van der Waals surface area (Å²) in [7, 11) is 0. The molecule has 0 spiro atoms. The predicted octanol–water partition coefficient (Wildman–Crippen LogP) is 4.29. The number of fused-ring (bicyclic) bond motifs is 1. The SMILES string of the molecule is Cc1[nH]c2cc(Cl)ccc2c1C1(CN)CCCCC1. The molecule has 1 heterocycles. The van der Waals surface area contributed by atoms with Crippen LogP contribution in [0.2, 0.25) is 5.02 Å². The summed E-state index contributed by atoms with van der Waals surface area (Å²) in [5.41, 5.74) is 10.2. The highest BCUT2D eigenvalue weighted by Gasteiger charge is 2.35. The second-order valence-corrected chi connectivity index (χ2v) is 6.30. The Labute approximate surface area is 119 Å². The Hall–Kier alpha value is -0.990. The highest BCUT2D eigenvalue weighted by Crippen LogP contribution is 2.43. The molecule has 3 N–H and O–H groups in total. The van der Waals surface area contributed by atoms with Crippen LogP contribution in [0.5, 0.6) is 0 Å². The zero-order chi connectivity index (χ0) is 13.5. The van der Waals surface area contributed by atoms with E-state index in [9.17, 15) is 0 Å². The molecule has 2 nitrogen and oxygen atoms in total.